The zero-order valence-electron chi connectivity index (χ0n) is 10.9. The molecule has 1 atom stereocenters. The van der Waals surface area contributed by atoms with Gasteiger partial charge >= 0.3 is 0 Å². The largest absolute Gasteiger partial charge is 0.374 e. The van der Waals surface area contributed by atoms with Crippen LogP contribution in [0.25, 0.3) is 11.6 Å². The van der Waals surface area contributed by atoms with Crippen LogP contribution in [0.4, 0.5) is 5.69 Å². The van der Waals surface area contributed by atoms with Gasteiger partial charge in [0.15, 0.2) is 0 Å². The highest BCUT2D eigenvalue weighted by Crippen LogP contribution is 2.43. The molecule has 1 N–H and O–H groups in total. The maximum Gasteiger partial charge on any atom is 0.0776 e. The zero-order chi connectivity index (χ0) is 12.8. The van der Waals surface area contributed by atoms with Crippen LogP contribution in [0.3, 0.4) is 0 Å². The van der Waals surface area contributed by atoms with Gasteiger partial charge in [-0.1, -0.05) is 54.6 Å². The summed E-state index contributed by atoms with van der Waals surface area (Å²) in [5, 5.41) is 3.68. The molecule has 19 heavy (non-hydrogen) atoms. The minimum atomic E-state index is 0.288. The molecule has 0 saturated heterocycles. The van der Waals surface area contributed by atoms with E-state index in [1.54, 1.807) is 0 Å². The molecule has 1 aliphatic heterocycles. The van der Waals surface area contributed by atoms with Crippen LogP contribution in [0.1, 0.15) is 29.7 Å². The third-order valence-corrected chi connectivity index (χ3v) is 4.12. The van der Waals surface area contributed by atoms with Crippen LogP contribution in [-0.2, 0) is 0 Å². The van der Waals surface area contributed by atoms with Gasteiger partial charge in [0.2, 0.25) is 0 Å². The number of fused-ring (bicyclic) bond motifs is 4. The fourth-order valence-electron chi connectivity index (χ4n) is 3.11. The number of benzene rings is 2. The number of allylic oxidation sites excluding steroid dienone is 1. The normalized spacial score (nSPS) is 19.3. The topological polar surface area (TPSA) is 12.0 Å². The van der Waals surface area contributed by atoms with Gasteiger partial charge in [0, 0.05) is 11.3 Å². The second kappa shape index (κ2) is 3.86. The van der Waals surface area contributed by atoms with Gasteiger partial charge in [0.1, 0.15) is 0 Å². The van der Waals surface area contributed by atoms with E-state index < -0.39 is 0 Å². The van der Waals surface area contributed by atoms with E-state index in [0.29, 0.717) is 0 Å². The van der Waals surface area contributed by atoms with Gasteiger partial charge in [-0.25, -0.2) is 0 Å². The summed E-state index contributed by atoms with van der Waals surface area (Å²) in [6, 6.07) is 17.5. The highest BCUT2D eigenvalue weighted by atomic mass is 14.9. The average Bonchev–Trinajstić information content (AvgIpc) is 2.47. The highest BCUT2D eigenvalue weighted by molar-refractivity contribution is 5.86. The fourth-order valence-corrected chi connectivity index (χ4v) is 3.11. The first-order valence-corrected chi connectivity index (χ1v) is 6.68. The molecule has 1 heterocycles. The molecule has 0 radical (unpaired) electrons. The van der Waals surface area contributed by atoms with Gasteiger partial charge in [-0.3, -0.25) is 0 Å². The van der Waals surface area contributed by atoms with E-state index in [1.807, 2.05) is 0 Å². The van der Waals surface area contributed by atoms with Crippen LogP contribution in [-0.4, -0.2) is 0 Å². The lowest BCUT2D eigenvalue weighted by atomic mass is 9.82. The second-order valence-electron chi connectivity index (χ2n) is 5.17. The first-order valence-electron chi connectivity index (χ1n) is 6.68. The first kappa shape index (κ1) is 10.6. The summed E-state index contributed by atoms with van der Waals surface area (Å²) in [5.41, 5.74) is 8.00. The average molecular weight is 245 g/mol. The molecule has 0 saturated carbocycles. The molecule has 0 amide bonds. The Kier molecular flexibility index (Phi) is 2.16. The molecule has 2 aromatic rings. The van der Waals surface area contributed by atoms with Crippen molar-refractivity contribution < 1.29 is 0 Å². The Bertz CT molecular complexity index is 722. The molecule has 1 nitrogen and oxygen atoms in total. The molecule has 1 aliphatic carbocycles. The van der Waals surface area contributed by atoms with Crippen molar-refractivity contribution in [3.8, 4) is 0 Å². The molecule has 2 aromatic carbocycles. The predicted octanol–water partition coefficient (Wildman–Crippen LogP) is 4.65. The number of anilines is 1. The van der Waals surface area contributed by atoms with Crippen molar-refractivity contribution in [3.63, 3.8) is 0 Å². The van der Waals surface area contributed by atoms with Crippen molar-refractivity contribution in [1.29, 1.82) is 0 Å². The standard InChI is InChI=1S/C18H15N/c1-12-14-7-4-5-9-17(14)19-18-15(12)11-10-13-6-2-3-8-16(13)18/h2-11,18-19H,1H3. The number of rotatable bonds is 0. The van der Waals surface area contributed by atoms with Gasteiger partial charge in [0.05, 0.1) is 6.04 Å². The summed E-state index contributed by atoms with van der Waals surface area (Å²) in [7, 11) is 0. The van der Waals surface area contributed by atoms with E-state index in [2.05, 4.69) is 72.9 Å². The molecule has 0 spiro atoms. The Hall–Kier alpha value is -2.28. The first-order chi connectivity index (χ1) is 9.34. The van der Waals surface area contributed by atoms with Crippen LogP contribution >= 0.6 is 0 Å². The van der Waals surface area contributed by atoms with E-state index in [0.717, 1.165) is 0 Å². The SMILES string of the molecule is CC1=C2C=Cc3ccccc3C2Nc2ccccc21. The third-order valence-electron chi connectivity index (χ3n) is 4.12. The summed E-state index contributed by atoms with van der Waals surface area (Å²) in [5.74, 6) is 0. The van der Waals surface area contributed by atoms with E-state index in [9.17, 15) is 0 Å². The Balaban J connectivity index is 1.96. The van der Waals surface area contributed by atoms with Crippen molar-refractivity contribution in [3.05, 3.63) is 76.9 Å². The van der Waals surface area contributed by atoms with E-state index in [1.165, 1.54) is 33.5 Å². The van der Waals surface area contributed by atoms with Crippen LogP contribution < -0.4 is 5.32 Å². The maximum atomic E-state index is 3.68. The van der Waals surface area contributed by atoms with Crippen LogP contribution in [0.2, 0.25) is 0 Å². The van der Waals surface area contributed by atoms with E-state index in [-0.39, 0.29) is 6.04 Å². The maximum absolute atomic E-state index is 3.68. The third kappa shape index (κ3) is 1.48. The zero-order valence-corrected chi connectivity index (χ0v) is 10.9. The summed E-state index contributed by atoms with van der Waals surface area (Å²) < 4.78 is 0. The number of hydrogen-bond donors (Lipinski definition) is 1. The van der Waals surface area contributed by atoms with Crippen molar-refractivity contribution in [2.75, 3.05) is 5.32 Å². The minimum absolute atomic E-state index is 0.288. The molecule has 0 bridgehead atoms. The van der Waals surface area contributed by atoms with Crippen LogP contribution in [0, 0.1) is 0 Å². The number of hydrogen-bond acceptors (Lipinski definition) is 1. The van der Waals surface area contributed by atoms with Gasteiger partial charge in [-0.2, -0.15) is 0 Å². The Morgan fingerprint density at radius 2 is 1.68 bits per heavy atom. The smallest absolute Gasteiger partial charge is 0.0776 e. The van der Waals surface area contributed by atoms with Crippen molar-refractivity contribution in [2.45, 2.75) is 13.0 Å². The lowest BCUT2D eigenvalue weighted by Crippen LogP contribution is -2.21. The minimum Gasteiger partial charge on any atom is -0.374 e. The molecule has 1 unspecified atom stereocenters. The van der Waals surface area contributed by atoms with Gasteiger partial charge in [0.25, 0.3) is 0 Å². The quantitative estimate of drug-likeness (QED) is 0.712. The van der Waals surface area contributed by atoms with Crippen molar-refractivity contribution in [2.24, 2.45) is 0 Å². The van der Waals surface area contributed by atoms with E-state index in [4.69, 9.17) is 0 Å². The van der Waals surface area contributed by atoms with Gasteiger partial charge in [-0.05, 0) is 35.3 Å². The lowest BCUT2D eigenvalue weighted by molar-refractivity contribution is 0.915. The molecule has 92 valence electrons. The van der Waals surface area contributed by atoms with Crippen molar-refractivity contribution in [1.82, 2.24) is 0 Å². The molecule has 0 fully saturated rings. The number of nitrogens with one attached hydrogen (secondary N) is 1. The Morgan fingerprint density at radius 1 is 0.895 bits per heavy atom. The fraction of sp³-hybridized carbons (Fsp3) is 0.111. The monoisotopic (exact) mass is 245 g/mol. The predicted molar refractivity (Wildman–Crippen MR) is 80.9 cm³/mol. The molecular formula is C18H15N. The van der Waals surface area contributed by atoms with Crippen molar-refractivity contribution >= 4 is 17.3 Å². The van der Waals surface area contributed by atoms with Crippen LogP contribution in [0.5, 0.6) is 0 Å². The molecule has 4 rings (SSSR count). The molecule has 1 heteroatoms. The molecule has 0 aromatic heterocycles. The number of para-hydroxylation sites is 1. The van der Waals surface area contributed by atoms with E-state index >= 15 is 0 Å². The van der Waals surface area contributed by atoms with Gasteiger partial charge < -0.3 is 5.32 Å². The Labute approximate surface area is 113 Å². The summed E-state index contributed by atoms with van der Waals surface area (Å²) >= 11 is 0. The van der Waals surface area contributed by atoms with Crippen LogP contribution in [0.15, 0.2) is 60.2 Å². The lowest BCUT2D eigenvalue weighted by Gasteiger charge is -2.33. The molecule has 2 aliphatic rings. The molecular weight excluding hydrogens is 230 g/mol. The van der Waals surface area contributed by atoms with Gasteiger partial charge in [-0.15, -0.1) is 0 Å². The summed E-state index contributed by atoms with van der Waals surface area (Å²) in [6.45, 7) is 2.22. The summed E-state index contributed by atoms with van der Waals surface area (Å²) in [6.07, 6.45) is 4.48. The second-order valence-corrected chi connectivity index (χ2v) is 5.17. The highest BCUT2D eigenvalue weighted by Gasteiger charge is 2.27. The summed E-state index contributed by atoms with van der Waals surface area (Å²) in [4.78, 5) is 0. The Morgan fingerprint density at radius 3 is 2.63 bits per heavy atom.